The summed E-state index contributed by atoms with van der Waals surface area (Å²) in [6, 6.07) is -0.442. The van der Waals surface area contributed by atoms with Crippen LogP contribution in [0.4, 0.5) is 4.79 Å². The third kappa shape index (κ3) is 4.51. The van der Waals surface area contributed by atoms with Gasteiger partial charge < -0.3 is 10.0 Å². The minimum Gasteiger partial charge on any atom is -0.480 e. The quantitative estimate of drug-likeness (QED) is 0.550. The van der Waals surface area contributed by atoms with E-state index in [1.54, 1.807) is 14.1 Å². The van der Waals surface area contributed by atoms with Gasteiger partial charge in [0.05, 0.1) is 0 Å². The predicted molar refractivity (Wildman–Crippen MR) is 42.5 cm³/mol. The Balaban J connectivity index is 3.85. The highest BCUT2D eigenvalue weighted by Gasteiger charge is 2.11. The topological polar surface area (TPSA) is 72.9 Å². The third-order valence-electron chi connectivity index (χ3n) is 1.04. The van der Waals surface area contributed by atoms with Gasteiger partial charge in [-0.15, -0.1) is 0 Å². The normalized spacial score (nSPS) is 9.67. The number of carbonyl (C=O) groups excluding carboxylic acids is 1. The molecule has 0 saturated carbocycles. The van der Waals surface area contributed by atoms with E-state index in [1.165, 1.54) is 12.1 Å². The summed E-state index contributed by atoms with van der Waals surface area (Å²) in [5.41, 5.74) is 2.40. The molecule has 6 nitrogen and oxygen atoms in total. The average molecular weight is 175 g/mol. The fraction of sp³-hybridized carbons (Fsp3) is 0.667. The van der Waals surface area contributed by atoms with E-state index in [2.05, 4.69) is 5.43 Å². The van der Waals surface area contributed by atoms with E-state index in [-0.39, 0.29) is 6.54 Å². The highest BCUT2D eigenvalue weighted by Crippen LogP contribution is 1.83. The maximum atomic E-state index is 11.0. The van der Waals surface area contributed by atoms with Crippen molar-refractivity contribution >= 4 is 12.0 Å². The van der Waals surface area contributed by atoms with Crippen molar-refractivity contribution < 1.29 is 14.7 Å². The van der Waals surface area contributed by atoms with Gasteiger partial charge in [-0.3, -0.25) is 10.2 Å². The fourth-order valence-electron chi connectivity index (χ4n) is 0.551. The number of urea groups is 1. The highest BCUT2D eigenvalue weighted by atomic mass is 16.4. The summed E-state index contributed by atoms with van der Waals surface area (Å²) in [5, 5.41) is 9.78. The molecular weight excluding hydrogens is 162 g/mol. The lowest BCUT2D eigenvalue weighted by molar-refractivity contribution is -0.137. The number of hydrogen-bond acceptors (Lipinski definition) is 3. The van der Waals surface area contributed by atoms with Gasteiger partial charge in [-0.1, -0.05) is 0 Å². The van der Waals surface area contributed by atoms with E-state index in [4.69, 9.17) is 5.11 Å². The highest BCUT2D eigenvalue weighted by molar-refractivity contribution is 5.79. The number of nitrogens with one attached hydrogen (secondary N) is 1. The number of carbonyl (C=O) groups is 2. The SMILES string of the molecule is CN(C)NC(=O)N(C)CC(=O)O. The minimum absolute atomic E-state index is 0.306. The van der Waals surface area contributed by atoms with Crippen molar-refractivity contribution in [2.75, 3.05) is 27.7 Å². The lowest BCUT2D eigenvalue weighted by atomic mass is 10.6. The van der Waals surface area contributed by atoms with E-state index in [1.807, 2.05) is 0 Å². The molecule has 0 fully saturated rings. The number of hydrogen-bond donors (Lipinski definition) is 2. The second-order valence-electron chi connectivity index (χ2n) is 2.56. The van der Waals surface area contributed by atoms with Crippen LogP contribution in [0.5, 0.6) is 0 Å². The van der Waals surface area contributed by atoms with Gasteiger partial charge in [0.25, 0.3) is 0 Å². The summed E-state index contributed by atoms with van der Waals surface area (Å²) >= 11 is 0. The lowest BCUT2D eigenvalue weighted by Gasteiger charge is -2.18. The number of carboxylic acids is 1. The van der Waals surface area contributed by atoms with Crippen molar-refractivity contribution in [2.45, 2.75) is 0 Å². The zero-order valence-electron chi connectivity index (χ0n) is 7.37. The van der Waals surface area contributed by atoms with Gasteiger partial charge in [-0.2, -0.15) is 0 Å². The van der Waals surface area contributed by atoms with Crippen LogP contribution in [0.2, 0.25) is 0 Å². The number of likely N-dealkylation sites (N-methyl/N-ethyl adjacent to an activating group) is 1. The zero-order valence-corrected chi connectivity index (χ0v) is 7.37. The van der Waals surface area contributed by atoms with Crippen molar-refractivity contribution in [2.24, 2.45) is 0 Å². The Morgan fingerprint density at radius 1 is 1.33 bits per heavy atom. The van der Waals surface area contributed by atoms with E-state index < -0.39 is 12.0 Å². The summed E-state index contributed by atoms with van der Waals surface area (Å²) in [7, 11) is 4.70. The first-order valence-electron chi connectivity index (χ1n) is 3.34. The molecule has 0 aromatic rings. The molecule has 0 spiro atoms. The Morgan fingerprint density at radius 3 is 2.17 bits per heavy atom. The monoisotopic (exact) mass is 175 g/mol. The molecule has 0 aromatic carbocycles. The van der Waals surface area contributed by atoms with Crippen LogP contribution in [0.3, 0.4) is 0 Å². The van der Waals surface area contributed by atoms with Crippen LogP contribution in [0.25, 0.3) is 0 Å². The van der Waals surface area contributed by atoms with E-state index in [0.717, 1.165) is 4.90 Å². The maximum Gasteiger partial charge on any atom is 0.332 e. The summed E-state index contributed by atoms with van der Waals surface area (Å²) in [6.45, 7) is -0.306. The largest absolute Gasteiger partial charge is 0.480 e. The average Bonchev–Trinajstić information content (AvgIpc) is 1.84. The first-order valence-corrected chi connectivity index (χ1v) is 3.34. The number of hydrazine groups is 1. The van der Waals surface area contributed by atoms with Gasteiger partial charge in [0.2, 0.25) is 0 Å². The molecule has 0 radical (unpaired) electrons. The molecular formula is C6H13N3O3. The Bertz CT molecular complexity index is 181. The number of amides is 2. The molecule has 0 saturated heterocycles. The molecule has 0 aliphatic heterocycles. The van der Waals surface area contributed by atoms with Gasteiger partial charge in [0.1, 0.15) is 6.54 Å². The second-order valence-corrected chi connectivity index (χ2v) is 2.56. The van der Waals surface area contributed by atoms with Crippen molar-refractivity contribution in [3.8, 4) is 0 Å². The number of aliphatic carboxylic acids is 1. The molecule has 0 aromatic heterocycles. The predicted octanol–water partition coefficient (Wildman–Crippen LogP) is -0.811. The Labute approximate surface area is 70.7 Å². The maximum absolute atomic E-state index is 11.0. The Kier molecular flexibility index (Phi) is 4.06. The lowest BCUT2D eigenvalue weighted by Crippen LogP contribution is -2.45. The van der Waals surface area contributed by atoms with Crippen molar-refractivity contribution in [1.29, 1.82) is 0 Å². The first-order chi connectivity index (χ1) is 5.43. The number of nitrogens with zero attached hydrogens (tertiary/aromatic N) is 2. The summed E-state index contributed by atoms with van der Waals surface area (Å²) in [6.07, 6.45) is 0. The summed E-state index contributed by atoms with van der Waals surface area (Å²) < 4.78 is 0. The third-order valence-corrected chi connectivity index (χ3v) is 1.04. The molecule has 0 bridgehead atoms. The van der Waals surface area contributed by atoms with Crippen LogP contribution in [0.1, 0.15) is 0 Å². The van der Waals surface area contributed by atoms with Gasteiger partial charge in [0, 0.05) is 21.1 Å². The second kappa shape index (κ2) is 4.55. The smallest absolute Gasteiger partial charge is 0.332 e. The molecule has 0 rings (SSSR count). The van der Waals surface area contributed by atoms with Gasteiger partial charge in [-0.25, -0.2) is 9.80 Å². The van der Waals surface area contributed by atoms with Crippen molar-refractivity contribution in [3.05, 3.63) is 0 Å². The van der Waals surface area contributed by atoms with Gasteiger partial charge in [-0.05, 0) is 0 Å². The molecule has 12 heavy (non-hydrogen) atoms. The number of carboxylic acid groups (broad SMARTS) is 1. The van der Waals surface area contributed by atoms with Crippen molar-refractivity contribution in [1.82, 2.24) is 15.3 Å². The van der Waals surface area contributed by atoms with Crippen LogP contribution < -0.4 is 5.43 Å². The summed E-state index contributed by atoms with van der Waals surface area (Å²) in [5.74, 6) is -1.04. The van der Waals surface area contributed by atoms with Gasteiger partial charge in [0.15, 0.2) is 0 Å². The molecule has 0 aliphatic rings. The van der Waals surface area contributed by atoms with Crippen LogP contribution in [-0.4, -0.2) is 54.7 Å². The summed E-state index contributed by atoms with van der Waals surface area (Å²) in [4.78, 5) is 22.2. The zero-order chi connectivity index (χ0) is 9.72. The molecule has 0 unspecified atom stereocenters. The molecule has 0 aliphatic carbocycles. The van der Waals surface area contributed by atoms with Crippen LogP contribution in [0, 0.1) is 0 Å². The molecule has 0 atom stereocenters. The Hall–Kier alpha value is -1.30. The van der Waals surface area contributed by atoms with Crippen LogP contribution in [0.15, 0.2) is 0 Å². The molecule has 70 valence electrons. The molecule has 0 heterocycles. The molecule has 2 N–H and O–H groups in total. The molecule has 6 heteroatoms. The van der Waals surface area contributed by atoms with E-state index in [9.17, 15) is 9.59 Å². The van der Waals surface area contributed by atoms with Crippen LogP contribution >= 0.6 is 0 Å². The van der Waals surface area contributed by atoms with Crippen molar-refractivity contribution in [3.63, 3.8) is 0 Å². The molecule has 2 amide bonds. The standard InChI is InChI=1S/C6H13N3O3/c1-8(2)7-6(12)9(3)4-5(10)11/h4H2,1-3H3,(H,7,12)(H,10,11). The number of rotatable bonds is 3. The van der Waals surface area contributed by atoms with Crippen LogP contribution in [-0.2, 0) is 4.79 Å². The van der Waals surface area contributed by atoms with E-state index in [0.29, 0.717) is 0 Å². The fourth-order valence-corrected chi connectivity index (χ4v) is 0.551. The van der Waals surface area contributed by atoms with E-state index >= 15 is 0 Å². The first kappa shape index (κ1) is 10.7. The minimum atomic E-state index is -1.04. The Morgan fingerprint density at radius 2 is 1.83 bits per heavy atom. The van der Waals surface area contributed by atoms with Gasteiger partial charge >= 0.3 is 12.0 Å².